The Kier molecular flexibility index (Phi) is 5.47. The molecule has 0 spiro atoms. The van der Waals surface area contributed by atoms with E-state index in [1.165, 1.54) is 11.8 Å². The van der Waals surface area contributed by atoms with Crippen LogP contribution in [0.25, 0.3) is 0 Å². The number of amides is 1. The summed E-state index contributed by atoms with van der Waals surface area (Å²) in [7, 11) is 0. The van der Waals surface area contributed by atoms with Crippen molar-refractivity contribution in [1.82, 2.24) is 26.3 Å². The lowest BCUT2D eigenvalue weighted by Crippen LogP contribution is -2.47. The van der Waals surface area contributed by atoms with Crippen molar-refractivity contribution in [2.45, 2.75) is 57.3 Å². The van der Waals surface area contributed by atoms with E-state index >= 15 is 0 Å². The lowest BCUT2D eigenvalue weighted by molar-refractivity contribution is -0.123. The number of amidine groups is 1. The van der Waals surface area contributed by atoms with E-state index in [1.54, 1.807) is 11.7 Å². The topological polar surface area (TPSA) is 141 Å². The zero-order valence-electron chi connectivity index (χ0n) is 18.9. The van der Waals surface area contributed by atoms with Crippen LogP contribution in [0.15, 0.2) is 38.4 Å². The van der Waals surface area contributed by atoms with E-state index in [1.807, 2.05) is 13.8 Å². The fourth-order valence-electron chi connectivity index (χ4n) is 4.67. The maximum Gasteiger partial charge on any atom is 0.292 e. The zero-order valence-corrected chi connectivity index (χ0v) is 19.7. The fourth-order valence-corrected chi connectivity index (χ4v) is 5.21. The Morgan fingerprint density at radius 3 is 2.91 bits per heavy atom. The number of rotatable bonds is 3. The smallest absolute Gasteiger partial charge is 0.292 e. The van der Waals surface area contributed by atoms with Gasteiger partial charge in [0.2, 0.25) is 11.9 Å². The molecule has 0 radical (unpaired) electrons. The Balaban J connectivity index is 1.40. The van der Waals surface area contributed by atoms with Crippen molar-refractivity contribution >= 4 is 40.9 Å². The average molecular weight is 470 g/mol. The average Bonchev–Trinajstić information content (AvgIpc) is 3.48. The van der Waals surface area contributed by atoms with Crippen LogP contribution in [0.2, 0.25) is 0 Å². The number of hydrogen-bond acceptors (Lipinski definition) is 10. The highest BCUT2D eigenvalue weighted by Gasteiger charge is 2.46. The van der Waals surface area contributed by atoms with E-state index < -0.39 is 12.0 Å². The molecule has 1 aliphatic carbocycles. The second kappa shape index (κ2) is 8.32. The van der Waals surface area contributed by atoms with E-state index in [4.69, 9.17) is 14.7 Å². The van der Waals surface area contributed by atoms with Gasteiger partial charge in [0.1, 0.15) is 23.6 Å². The quantitative estimate of drug-likeness (QED) is 0.496. The molecule has 6 unspecified atom stereocenters. The predicted molar refractivity (Wildman–Crippen MR) is 128 cm³/mol. The first-order chi connectivity index (χ1) is 15.8. The summed E-state index contributed by atoms with van der Waals surface area (Å²) in [6.07, 6.45) is 6.81. The third-order valence-corrected chi connectivity index (χ3v) is 7.07. The molecule has 5 rings (SSSR count). The van der Waals surface area contributed by atoms with Gasteiger partial charge in [0.25, 0.3) is 6.02 Å². The third-order valence-electron chi connectivity index (χ3n) is 6.35. The SMILES string of the molecule is CC1=NC(NC2=NC3(C)CC=CC(C)C3O2)=NC(c2[nH]ncc2C)C1C(=O)NC1NN=CS1. The van der Waals surface area contributed by atoms with Crippen LogP contribution in [0.5, 0.6) is 0 Å². The maximum absolute atomic E-state index is 13.2. The number of hydrazone groups is 1. The summed E-state index contributed by atoms with van der Waals surface area (Å²) in [5.41, 5.74) is 6.17. The van der Waals surface area contributed by atoms with E-state index in [-0.39, 0.29) is 29.0 Å². The molecule has 12 heteroatoms. The van der Waals surface area contributed by atoms with Crippen LogP contribution in [0, 0.1) is 18.8 Å². The number of nitrogens with one attached hydrogen (secondary N) is 4. The Bertz CT molecular complexity index is 1100. The van der Waals surface area contributed by atoms with E-state index in [0.29, 0.717) is 17.7 Å². The van der Waals surface area contributed by atoms with Gasteiger partial charge in [-0.05, 0) is 32.8 Å². The van der Waals surface area contributed by atoms with Crippen molar-refractivity contribution in [3.63, 3.8) is 0 Å². The molecule has 3 aliphatic heterocycles. The summed E-state index contributed by atoms with van der Waals surface area (Å²) in [6.45, 7) is 7.99. The van der Waals surface area contributed by atoms with Gasteiger partial charge in [0.05, 0.1) is 17.4 Å². The van der Waals surface area contributed by atoms with E-state index in [0.717, 1.165) is 17.7 Å². The Morgan fingerprint density at radius 2 is 2.21 bits per heavy atom. The summed E-state index contributed by atoms with van der Waals surface area (Å²) in [4.78, 5) is 27.4. The lowest BCUT2D eigenvalue weighted by Gasteiger charge is -2.32. The molecule has 174 valence electrons. The number of carbonyl (C=O) groups is 1. The lowest BCUT2D eigenvalue weighted by atomic mass is 9.80. The highest BCUT2D eigenvalue weighted by molar-refractivity contribution is 8.12. The summed E-state index contributed by atoms with van der Waals surface area (Å²) >= 11 is 1.39. The minimum Gasteiger partial charge on any atom is -0.458 e. The number of aromatic amines is 1. The van der Waals surface area contributed by atoms with Gasteiger partial charge in [-0.2, -0.15) is 10.2 Å². The molecule has 1 amide bonds. The Hall–Kier alpha value is -3.15. The number of H-pyrrole nitrogens is 1. The molecule has 4 N–H and O–H groups in total. The summed E-state index contributed by atoms with van der Waals surface area (Å²) in [6, 6.07) is -0.125. The largest absolute Gasteiger partial charge is 0.458 e. The van der Waals surface area contributed by atoms with Crippen molar-refractivity contribution < 1.29 is 9.53 Å². The number of ether oxygens (including phenoxy) is 1. The number of guanidine groups is 1. The number of thioether (sulfide) groups is 1. The van der Waals surface area contributed by atoms with Gasteiger partial charge >= 0.3 is 0 Å². The number of aromatic nitrogens is 2. The summed E-state index contributed by atoms with van der Waals surface area (Å²) in [5, 5.41) is 17.2. The van der Waals surface area contributed by atoms with Gasteiger partial charge in [-0.3, -0.25) is 20.6 Å². The molecule has 6 atom stereocenters. The van der Waals surface area contributed by atoms with Crippen molar-refractivity contribution in [1.29, 1.82) is 0 Å². The monoisotopic (exact) mass is 469 g/mol. The van der Waals surface area contributed by atoms with Crippen LogP contribution in [0.4, 0.5) is 0 Å². The molecule has 0 aromatic carbocycles. The second-order valence-corrected chi connectivity index (χ2v) is 9.87. The van der Waals surface area contributed by atoms with Crippen LogP contribution < -0.4 is 16.1 Å². The third kappa shape index (κ3) is 4.03. The molecule has 1 aromatic rings. The predicted octanol–water partition coefficient (Wildman–Crippen LogP) is 1.58. The van der Waals surface area contributed by atoms with Crippen LogP contribution in [0.3, 0.4) is 0 Å². The molecular weight excluding hydrogens is 442 g/mol. The highest BCUT2D eigenvalue weighted by Crippen LogP contribution is 2.38. The standard InChI is InChI=1S/C21H27N9O2S/c1-10-6-5-7-21(4)16(10)32-19(28-21)27-18-24-12(3)13(17(31)26-20-30-23-9-33-20)15(25-18)14-11(2)8-22-29-14/h5-6,8-10,13,15-16,20,30H,7H2,1-4H3,(H,22,29)(H,26,31)(H,25,27,28). The second-order valence-electron chi connectivity index (χ2n) is 8.91. The fraction of sp³-hybridized carbons (Fsp3) is 0.524. The maximum atomic E-state index is 13.2. The number of nitrogens with zero attached hydrogens (tertiary/aromatic N) is 5. The number of hydrogen-bond donors (Lipinski definition) is 4. The van der Waals surface area contributed by atoms with Crippen LogP contribution in [0.1, 0.15) is 44.5 Å². The molecule has 4 aliphatic rings. The van der Waals surface area contributed by atoms with Crippen molar-refractivity contribution in [2.24, 2.45) is 31.9 Å². The van der Waals surface area contributed by atoms with Crippen molar-refractivity contribution in [3.8, 4) is 0 Å². The number of fused-ring (bicyclic) bond motifs is 1. The molecule has 0 fully saturated rings. The summed E-state index contributed by atoms with van der Waals surface area (Å²) < 4.78 is 6.14. The first kappa shape index (κ1) is 21.7. The molecule has 4 heterocycles. The molecule has 11 nitrogen and oxygen atoms in total. The number of aliphatic imine (C=N–C) groups is 3. The van der Waals surface area contributed by atoms with Crippen molar-refractivity contribution in [2.75, 3.05) is 0 Å². The van der Waals surface area contributed by atoms with Gasteiger partial charge in [0.15, 0.2) is 5.50 Å². The van der Waals surface area contributed by atoms with Gasteiger partial charge in [0, 0.05) is 11.6 Å². The van der Waals surface area contributed by atoms with Crippen molar-refractivity contribution in [3.05, 3.63) is 29.6 Å². The van der Waals surface area contributed by atoms with E-state index in [2.05, 4.69) is 62.4 Å². The van der Waals surface area contributed by atoms with Gasteiger partial charge in [-0.15, -0.1) is 0 Å². The van der Waals surface area contributed by atoms with Gasteiger partial charge in [-0.25, -0.2) is 15.0 Å². The number of aryl methyl sites for hydroxylation is 1. The van der Waals surface area contributed by atoms with Crippen LogP contribution >= 0.6 is 11.8 Å². The van der Waals surface area contributed by atoms with E-state index in [9.17, 15) is 4.79 Å². The molecular formula is C21H27N9O2S. The van der Waals surface area contributed by atoms with Gasteiger partial charge in [-0.1, -0.05) is 30.8 Å². The first-order valence-electron chi connectivity index (χ1n) is 10.9. The summed E-state index contributed by atoms with van der Waals surface area (Å²) in [5.74, 6) is -0.186. The Morgan fingerprint density at radius 1 is 1.36 bits per heavy atom. The minimum absolute atomic E-state index is 0.0397. The highest BCUT2D eigenvalue weighted by atomic mass is 32.2. The van der Waals surface area contributed by atoms with Gasteiger partial charge < -0.3 is 10.1 Å². The molecule has 0 bridgehead atoms. The Labute approximate surface area is 195 Å². The van der Waals surface area contributed by atoms with Crippen LogP contribution in [-0.4, -0.2) is 56.5 Å². The van der Waals surface area contributed by atoms with Crippen LogP contribution in [-0.2, 0) is 9.53 Å². The first-order valence-corrected chi connectivity index (χ1v) is 11.8. The molecule has 0 saturated heterocycles. The zero-order chi connectivity index (χ0) is 23.2. The minimum atomic E-state index is -0.603. The number of carbonyl (C=O) groups excluding carboxylic acids is 1. The normalized spacial score (nSPS) is 34.5. The molecule has 1 aromatic heterocycles. The molecule has 33 heavy (non-hydrogen) atoms. The molecule has 0 saturated carbocycles.